The number of nitrogens with two attached hydrogens (primary N) is 1. The second kappa shape index (κ2) is 16.4. The molecule has 70 valence electrons. The second-order valence-corrected chi connectivity index (χ2v) is 1.99. The monoisotopic (exact) mass is 162 g/mol. The van der Waals surface area contributed by atoms with Crippen molar-refractivity contribution in [2.24, 2.45) is 5.73 Å². The standard InChI is InChI=1S/C3H10N2.C3H7N.CH5N/c1-4-3-5-2;1-2-4-3-1;1-2/h4-5H,3H2,1-2H3;4H,1-3H2;2H2,1H3. The average molecular weight is 162 g/mol. The Morgan fingerprint density at radius 1 is 1.18 bits per heavy atom. The average Bonchev–Trinajstić information content (AvgIpc) is 1.90. The minimum absolute atomic E-state index is 0.889. The SMILES string of the molecule is C1CNC1.CN.CNCNC. The first kappa shape index (κ1) is 13.4. The van der Waals surface area contributed by atoms with Gasteiger partial charge in [-0.25, -0.2) is 0 Å². The van der Waals surface area contributed by atoms with Gasteiger partial charge in [-0.1, -0.05) is 0 Å². The van der Waals surface area contributed by atoms with Crippen molar-refractivity contribution in [3.8, 4) is 0 Å². The lowest BCUT2D eigenvalue weighted by Gasteiger charge is -2.09. The number of hydrogen-bond donors (Lipinski definition) is 4. The van der Waals surface area contributed by atoms with Crippen molar-refractivity contribution in [3.63, 3.8) is 0 Å². The third-order valence-electron chi connectivity index (χ3n) is 1.06. The highest BCUT2D eigenvalue weighted by Crippen LogP contribution is 1.80. The van der Waals surface area contributed by atoms with Crippen molar-refractivity contribution in [2.75, 3.05) is 40.9 Å². The molecule has 0 aromatic heterocycles. The number of rotatable bonds is 2. The molecule has 0 aromatic rings. The van der Waals surface area contributed by atoms with Gasteiger partial charge in [0.05, 0.1) is 0 Å². The van der Waals surface area contributed by atoms with E-state index in [1.165, 1.54) is 26.6 Å². The molecule has 0 spiro atoms. The Morgan fingerprint density at radius 3 is 1.45 bits per heavy atom. The van der Waals surface area contributed by atoms with Crippen molar-refractivity contribution in [2.45, 2.75) is 6.42 Å². The van der Waals surface area contributed by atoms with E-state index in [1.54, 1.807) is 0 Å². The van der Waals surface area contributed by atoms with Crippen LogP contribution in [0.3, 0.4) is 0 Å². The normalized spacial score (nSPS) is 13.1. The maximum atomic E-state index is 4.50. The van der Waals surface area contributed by atoms with Crippen LogP contribution < -0.4 is 21.7 Å². The predicted molar refractivity (Wildman–Crippen MR) is 50.6 cm³/mol. The van der Waals surface area contributed by atoms with E-state index in [1.807, 2.05) is 14.1 Å². The molecule has 1 heterocycles. The van der Waals surface area contributed by atoms with Crippen LogP contribution in [0.4, 0.5) is 0 Å². The molecule has 0 radical (unpaired) electrons. The smallest absolute Gasteiger partial charge is 0.0449 e. The van der Waals surface area contributed by atoms with Gasteiger partial charge in [0.15, 0.2) is 0 Å². The van der Waals surface area contributed by atoms with Crippen LogP contribution in [0.2, 0.25) is 0 Å². The largest absolute Gasteiger partial charge is 0.333 e. The summed E-state index contributed by atoms with van der Waals surface area (Å²) in [5.74, 6) is 0. The highest BCUT2D eigenvalue weighted by atomic mass is 15.0. The van der Waals surface area contributed by atoms with Gasteiger partial charge in [0.2, 0.25) is 0 Å². The van der Waals surface area contributed by atoms with Crippen molar-refractivity contribution < 1.29 is 0 Å². The Kier molecular flexibility index (Phi) is 20.1. The molecule has 5 N–H and O–H groups in total. The molecule has 0 atom stereocenters. The quantitative estimate of drug-likeness (QED) is 0.391. The van der Waals surface area contributed by atoms with Crippen LogP contribution in [0, 0.1) is 0 Å². The summed E-state index contributed by atoms with van der Waals surface area (Å²) in [4.78, 5) is 0. The van der Waals surface area contributed by atoms with Crippen LogP contribution in [-0.2, 0) is 0 Å². The van der Waals surface area contributed by atoms with Gasteiger partial charge >= 0.3 is 0 Å². The summed E-state index contributed by atoms with van der Waals surface area (Å²) in [5, 5.41) is 8.92. The topological polar surface area (TPSA) is 62.1 Å². The molecular weight excluding hydrogens is 140 g/mol. The summed E-state index contributed by atoms with van der Waals surface area (Å²) in [6.07, 6.45) is 1.39. The van der Waals surface area contributed by atoms with Gasteiger partial charge in [0, 0.05) is 6.67 Å². The molecular formula is C7H22N4. The molecule has 1 fully saturated rings. The molecule has 11 heavy (non-hydrogen) atoms. The fraction of sp³-hybridized carbons (Fsp3) is 1.00. The highest BCUT2D eigenvalue weighted by molar-refractivity contribution is 4.56. The van der Waals surface area contributed by atoms with Gasteiger partial charge < -0.3 is 21.7 Å². The Balaban J connectivity index is 0. The van der Waals surface area contributed by atoms with Gasteiger partial charge in [-0.3, -0.25) is 0 Å². The Morgan fingerprint density at radius 2 is 1.45 bits per heavy atom. The van der Waals surface area contributed by atoms with E-state index >= 15 is 0 Å². The number of hydrogen-bond acceptors (Lipinski definition) is 4. The Bertz CT molecular complexity index is 39.7. The van der Waals surface area contributed by atoms with E-state index in [0.717, 1.165) is 6.67 Å². The summed E-state index contributed by atoms with van der Waals surface area (Å²) in [5.41, 5.74) is 4.50. The molecule has 4 heteroatoms. The first-order chi connectivity index (χ1) is 5.41. The lowest BCUT2D eigenvalue weighted by molar-refractivity contribution is 0.527. The molecule has 1 aliphatic rings. The summed E-state index contributed by atoms with van der Waals surface area (Å²) in [6.45, 7) is 3.39. The summed E-state index contributed by atoms with van der Waals surface area (Å²) in [6, 6.07) is 0. The minimum atomic E-state index is 0.889. The highest BCUT2D eigenvalue weighted by Gasteiger charge is 1.92. The van der Waals surface area contributed by atoms with Crippen molar-refractivity contribution in [3.05, 3.63) is 0 Å². The lowest BCUT2D eigenvalue weighted by Crippen LogP contribution is -2.29. The van der Waals surface area contributed by atoms with E-state index in [2.05, 4.69) is 21.7 Å². The van der Waals surface area contributed by atoms with Crippen LogP contribution >= 0.6 is 0 Å². The third kappa shape index (κ3) is 17.7. The van der Waals surface area contributed by atoms with Crippen LogP contribution in [0.5, 0.6) is 0 Å². The molecule has 4 nitrogen and oxygen atoms in total. The first-order valence-corrected chi connectivity index (χ1v) is 3.99. The van der Waals surface area contributed by atoms with Crippen LogP contribution in [0.25, 0.3) is 0 Å². The fourth-order valence-corrected chi connectivity index (χ4v) is 0.354. The predicted octanol–water partition coefficient (Wildman–Crippen LogP) is -1.06. The van der Waals surface area contributed by atoms with Gasteiger partial charge in [-0.2, -0.15) is 0 Å². The van der Waals surface area contributed by atoms with E-state index in [9.17, 15) is 0 Å². The lowest BCUT2D eigenvalue weighted by atomic mass is 10.3. The van der Waals surface area contributed by atoms with Crippen LogP contribution in [-0.4, -0.2) is 40.9 Å². The molecule has 1 aliphatic heterocycles. The third-order valence-corrected chi connectivity index (χ3v) is 1.06. The maximum absolute atomic E-state index is 4.50. The molecule has 0 aliphatic carbocycles. The van der Waals surface area contributed by atoms with Gasteiger partial charge in [0.25, 0.3) is 0 Å². The minimum Gasteiger partial charge on any atom is -0.333 e. The number of nitrogens with one attached hydrogen (secondary N) is 3. The Hall–Kier alpha value is -0.160. The van der Waals surface area contributed by atoms with E-state index in [-0.39, 0.29) is 0 Å². The molecule has 0 bridgehead atoms. The molecule has 0 aromatic carbocycles. The zero-order chi connectivity index (χ0) is 8.95. The van der Waals surface area contributed by atoms with Gasteiger partial charge in [-0.15, -0.1) is 0 Å². The van der Waals surface area contributed by atoms with Gasteiger partial charge in [-0.05, 0) is 40.7 Å². The molecule has 1 rings (SSSR count). The van der Waals surface area contributed by atoms with Crippen molar-refractivity contribution in [1.82, 2.24) is 16.0 Å². The summed E-state index contributed by atoms with van der Waals surface area (Å²) < 4.78 is 0. The first-order valence-electron chi connectivity index (χ1n) is 3.99. The Labute approximate surface area is 69.9 Å². The fourth-order valence-electron chi connectivity index (χ4n) is 0.354. The van der Waals surface area contributed by atoms with E-state index < -0.39 is 0 Å². The van der Waals surface area contributed by atoms with E-state index in [0.29, 0.717) is 0 Å². The summed E-state index contributed by atoms with van der Waals surface area (Å²) >= 11 is 0. The van der Waals surface area contributed by atoms with Crippen molar-refractivity contribution >= 4 is 0 Å². The zero-order valence-electron chi connectivity index (χ0n) is 7.91. The molecule has 0 amide bonds. The molecule has 1 saturated heterocycles. The summed E-state index contributed by atoms with van der Waals surface area (Å²) in [7, 11) is 5.30. The van der Waals surface area contributed by atoms with E-state index in [4.69, 9.17) is 0 Å². The molecule has 0 saturated carbocycles. The second-order valence-electron chi connectivity index (χ2n) is 1.99. The van der Waals surface area contributed by atoms with Gasteiger partial charge in [0.1, 0.15) is 0 Å². The van der Waals surface area contributed by atoms with Crippen LogP contribution in [0.1, 0.15) is 6.42 Å². The maximum Gasteiger partial charge on any atom is 0.0449 e. The van der Waals surface area contributed by atoms with Crippen molar-refractivity contribution in [1.29, 1.82) is 0 Å². The van der Waals surface area contributed by atoms with Crippen LogP contribution in [0.15, 0.2) is 0 Å². The zero-order valence-corrected chi connectivity index (χ0v) is 7.91. The molecule has 0 unspecified atom stereocenters.